The number of aliphatic hydroxyl groups is 1. The highest BCUT2D eigenvalue weighted by Crippen LogP contribution is 2.52. The summed E-state index contributed by atoms with van der Waals surface area (Å²) in [6, 6.07) is 13.4. The van der Waals surface area contributed by atoms with Crippen LogP contribution in [0.1, 0.15) is 46.5 Å². The van der Waals surface area contributed by atoms with E-state index in [1.54, 1.807) is 62.6 Å². The summed E-state index contributed by atoms with van der Waals surface area (Å²) in [5, 5.41) is 9.93. The second kappa shape index (κ2) is 15.3. The molecule has 0 bridgehead atoms. The zero-order valence-corrected chi connectivity index (χ0v) is 29.1. The van der Waals surface area contributed by atoms with Crippen LogP contribution < -0.4 is 0 Å². The van der Waals surface area contributed by atoms with Crippen LogP contribution in [0.5, 0.6) is 0 Å². The molecule has 0 radical (unpaired) electrons. The standard InChI is InChI=1S/C35H39N3O11S/c1-19-10-9-13-23(14-19)33(43)47-18-49-35(45)37-16-24(15-25(37)30(40)36(4)5)50-29-20(2)27-26(21(3)39)31(41)38(27)28(29)34(44)48-17-46-32(42)22-11-7-6-8-12-22/h6-14,20-21,24-27,39H,15-18H2,1-5H3/t20-,21-,24+,25+,26-,27-/m1/s1. The molecule has 50 heavy (non-hydrogen) atoms. The maximum Gasteiger partial charge on any atom is 0.413 e. The fraction of sp³-hybridized carbons (Fsp3) is 0.429. The zero-order chi connectivity index (χ0) is 36.3. The predicted molar refractivity (Wildman–Crippen MR) is 178 cm³/mol. The van der Waals surface area contributed by atoms with Crippen molar-refractivity contribution in [2.24, 2.45) is 11.8 Å². The van der Waals surface area contributed by atoms with E-state index in [1.165, 1.54) is 33.4 Å². The topological polar surface area (TPSA) is 169 Å². The number of benzene rings is 2. The number of likely N-dealkylation sites (N-methyl/N-ethyl adjacent to an activating group) is 1. The Morgan fingerprint density at radius 3 is 2.18 bits per heavy atom. The number of hydrogen-bond donors (Lipinski definition) is 1. The lowest BCUT2D eigenvalue weighted by Gasteiger charge is -2.46. The number of hydrogen-bond acceptors (Lipinski definition) is 12. The SMILES string of the molecule is Cc1cccc(C(=O)OCOC(=O)N2C[C@@H](SC3=C(C(=O)OCOC(=O)c4ccccc4)N4C(=O)[C@H]([C@@H](C)O)[C@H]4[C@H]3C)C[C@H]2C(=O)N(C)C)c1. The van der Waals surface area contributed by atoms with Gasteiger partial charge in [0, 0.05) is 36.7 Å². The number of fused-ring (bicyclic) bond motifs is 1. The largest absolute Gasteiger partial charge is 0.424 e. The number of nitrogens with zero attached hydrogens (tertiary/aromatic N) is 3. The minimum Gasteiger partial charge on any atom is -0.424 e. The Bertz CT molecular complexity index is 1700. The van der Waals surface area contributed by atoms with Gasteiger partial charge in [0.25, 0.3) is 0 Å². The van der Waals surface area contributed by atoms with Gasteiger partial charge in [0.1, 0.15) is 11.7 Å². The number of aliphatic hydroxyl groups excluding tert-OH is 1. The maximum absolute atomic E-state index is 13.5. The molecular formula is C35H39N3O11S. The monoisotopic (exact) mass is 709 g/mol. The van der Waals surface area contributed by atoms with E-state index >= 15 is 0 Å². The van der Waals surface area contributed by atoms with Gasteiger partial charge in [0.05, 0.1) is 29.2 Å². The molecule has 1 N–H and O–H groups in total. The van der Waals surface area contributed by atoms with Crippen molar-refractivity contribution in [2.45, 2.75) is 50.6 Å². The summed E-state index contributed by atoms with van der Waals surface area (Å²) < 4.78 is 20.8. The van der Waals surface area contributed by atoms with E-state index in [2.05, 4.69) is 0 Å². The van der Waals surface area contributed by atoms with Crippen LogP contribution in [0, 0.1) is 18.8 Å². The van der Waals surface area contributed by atoms with Gasteiger partial charge in [-0.25, -0.2) is 19.2 Å². The van der Waals surface area contributed by atoms with E-state index in [4.69, 9.17) is 18.9 Å². The Hall–Kier alpha value is -4.89. The number of esters is 3. The molecule has 15 heteroatoms. The van der Waals surface area contributed by atoms with Gasteiger partial charge in [0.15, 0.2) is 0 Å². The Morgan fingerprint density at radius 2 is 1.54 bits per heavy atom. The van der Waals surface area contributed by atoms with Crippen LogP contribution in [0.3, 0.4) is 0 Å². The third kappa shape index (κ3) is 7.48. The third-order valence-corrected chi connectivity index (χ3v) is 10.3. The molecule has 0 aromatic heterocycles. The highest BCUT2D eigenvalue weighted by molar-refractivity contribution is 8.03. The van der Waals surface area contributed by atoms with Crippen LogP contribution in [0.15, 0.2) is 65.2 Å². The molecule has 2 aromatic carbocycles. The van der Waals surface area contributed by atoms with Crippen molar-refractivity contribution in [1.82, 2.24) is 14.7 Å². The normalized spacial score (nSPS) is 23.1. The van der Waals surface area contributed by atoms with Crippen molar-refractivity contribution < 1.29 is 52.8 Å². The molecule has 0 saturated carbocycles. The average molecular weight is 710 g/mol. The first-order valence-corrected chi connectivity index (χ1v) is 16.9. The van der Waals surface area contributed by atoms with E-state index in [0.29, 0.717) is 10.5 Å². The molecule has 0 unspecified atom stereocenters. The number of likely N-dealkylation sites (tertiary alicyclic amines) is 1. The van der Waals surface area contributed by atoms with Gasteiger partial charge in [-0.1, -0.05) is 42.8 Å². The van der Waals surface area contributed by atoms with Crippen molar-refractivity contribution in [3.8, 4) is 0 Å². The molecule has 5 rings (SSSR count). The van der Waals surface area contributed by atoms with Crippen LogP contribution >= 0.6 is 11.8 Å². The molecular weight excluding hydrogens is 670 g/mol. The molecule has 2 aromatic rings. The first-order valence-electron chi connectivity index (χ1n) is 16.0. The fourth-order valence-electron chi connectivity index (χ4n) is 6.40. The Labute approximate surface area is 293 Å². The van der Waals surface area contributed by atoms with Gasteiger partial charge < -0.3 is 33.9 Å². The smallest absolute Gasteiger partial charge is 0.413 e. The summed E-state index contributed by atoms with van der Waals surface area (Å²) in [6.45, 7) is 3.81. The van der Waals surface area contributed by atoms with Crippen LogP contribution in [-0.2, 0) is 33.3 Å². The first kappa shape index (κ1) is 36.4. The Morgan fingerprint density at radius 1 is 0.920 bits per heavy atom. The lowest BCUT2D eigenvalue weighted by molar-refractivity contribution is -0.166. The van der Waals surface area contributed by atoms with Crippen molar-refractivity contribution in [3.05, 3.63) is 81.9 Å². The summed E-state index contributed by atoms with van der Waals surface area (Å²) in [6.07, 6.45) is -1.66. The number of amides is 3. The van der Waals surface area contributed by atoms with E-state index in [9.17, 15) is 33.9 Å². The minimum absolute atomic E-state index is 0.0330. The number of rotatable bonds is 11. The van der Waals surface area contributed by atoms with E-state index in [0.717, 1.165) is 5.56 Å². The van der Waals surface area contributed by atoms with Gasteiger partial charge in [0.2, 0.25) is 25.4 Å². The van der Waals surface area contributed by atoms with Crippen LogP contribution in [-0.4, -0.2) is 113 Å². The number of carbonyl (C=O) groups is 6. The summed E-state index contributed by atoms with van der Waals surface area (Å²) in [4.78, 5) is 82.3. The fourth-order valence-corrected chi connectivity index (χ4v) is 7.92. The molecule has 14 nitrogen and oxygen atoms in total. The molecule has 3 amide bonds. The second-order valence-electron chi connectivity index (χ2n) is 12.5. The van der Waals surface area contributed by atoms with Gasteiger partial charge in [-0.05, 0) is 44.5 Å². The quantitative estimate of drug-likeness (QED) is 0.206. The molecule has 6 atom stereocenters. The number of aryl methyl sites for hydroxylation is 1. The number of ether oxygens (including phenoxy) is 4. The van der Waals surface area contributed by atoms with Crippen LogP contribution in [0.4, 0.5) is 4.79 Å². The first-order chi connectivity index (χ1) is 23.8. The second-order valence-corrected chi connectivity index (χ2v) is 13.9. The summed E-state index contributed by atoms with van der Waals surface area (Å²) in [5.41, 5.74) is 1.38. The molecule has 0 spiro atoms. The Balaban J connectivity index is 1.30. The van der Waals surface area contributed by atoms with Gasteiger partial charge in [-0.15, -0.1) is 11.8 Å². The molecule has 3 aliphatic rings. The number of carbonyl (C=O) groups excluding carboxylic acids is 6. The summed E-state index contributed by atoms with van der Waals surface area (Å²) in [5.74, 6) is -4.23. The molecule has 2 fully saturated rings. The summed E-state index contributed by atoms with van der Waals surface area (Å²) in [7, 11) is 3.12. The molecule has 3 heterocycles. The number of thioether (sulfide) groups is 1. The highest BCUT2D eigenvalue weighted by Gasteiger charge is 2.60. The van der Waals surface area contributed by atoms with Crippen molar-refractivity contribution in [2.75, 3.05) is 34.2 Å². The minimum atomic E-state index is -0.974. The van der Waals surface area contributed by atoms with Gasteiger partial charge in [-0.3, -0.25) is 14.5 Å². The van der Waals surface area contributed by atoms with Crippen LogP contribution in [0.2, 0.25) is 0 Å². The number of β-lactam (4-membered cyclic amide) rings is 1. The maximum atomic E-state index is 13.5. The van der Waals surface area contributed by atoms with Crippen molar-refractivity contribution >= 4 is 47.6 Å². The van der Waals surface area contributed by atoms with Crippen LogP contribution in [0.25, 0.3) is 0 Å². The van der Waals surface area contributed by atoms with Crippen molar-refractivity contribution in [3.63, 3.8) is 0 Å². The molecule has 266 valence electrons. The van der Waals surface area contributed by atoms with E-state index in [1.807, 2.05) is 19.9 Å². The average Bonchev–Trinajstić information content (AvgIpc) is 3.61. The van der Waals surface area contributed by atoms with E-state index in [-0.39, 0.29) is 30.1 Å². The van der Waals surface area contributed by atoms with Gasteiger partial charge >= 0.3 is 24.0 Å². The molecule has 2 saturated heterocycles. The molecule has 3 aliphatic heterocycles. The predicted octanol–water partition coefficient (Wildman–Crippen LogP) is 2.94. The zero-order valence-electron chi connectivity index (χ0n) is 28.3. The Kier molecular flexibility index (Phi) is 11.2. The molecule has 0 aliphatic carbocycles. The van der Waals surface area contributed by atoms with E-state index < -0.39 is 78.8 Å². The lowest BCUT2D eigenvalue weighted by Crippen LogP contribution is -2.63. The third-order valence-electron chi connectivity index (χ3n) is 8.83. The summed E-state index contributed by atoms with van der Waals surface area (Å²) >= 11 is 1.23. The highest BCUT2D eigenvalue weighted by atomic mass is 32.2. The van der Waals surface area contributed by atoms with Crippen molar-refractivity contribution in [1.29, 1.82) is 0 Å². The lowest BCUT2D eigenvalue weighted by atomic mass is 9.79. The van der Waals surface area contributed by atoms with Gasteiger partial charge in [-0.2, -0.15) is 0 Å².